The van der Waals surface area contributed by atoms with Crippen LogP contribution in [0.2, 0.25) is 0 Å². The van der Waals surface area contributed by atoms with Crippen molar-refractivity contribution in [2.75, 3.05) is 18.9 Å². The molecule has 0 amide bonds. The van der Waals surface area contributed by atoms with Gasteiger partial charge in [0.05, 0.1) is 13.0 Å². The predicted octanol–water partition coefficient (Wildman–Crippen LogP) is 1.51. The Kier molecular flexibility index (Phi) is 4.07. The Balaban J connectivity index is 1.78. The molecule has 1 aliphatic heterocycles. The molecule has 0 saturated carbocycles. The summed E-state index contributed by atoms with van der Waals surface area (Å²) in [6.45, 7) is 4.31. The standard InChI is InChI=1S/C14H19NO4/c1-14(2)18-9-11(19-14)8-17-13(16)7-10-5-3-4-6-12(10)15/h3-6,11H,7-9,15H2,1-2H3. The minimum atomic E-state index is -0.596. The maximum atomic E-state index is 11.7. The fourth-order valence-corrected chi connectivity index (χ4v) is 1.93. The molecule has 0 bridgehead atoms. The zero-order chi connectivity index (χ0) is 13.9. The monoisotopic (exact) mass is 265 g/mol. The summed E-state index contributed by atoms with van der Waals surface area (Å²) in [7, 11) is 0. The molecule has 1 aromatic rings. The van der Waals surface area contributed by atoms with Crippen molar-refractivity contribution < 1.29 is 19.0 Å². The molecule has 1 aromatic carbocycles. The van der Waals surface area contributed by atoms with Gasteiger partial charge in [-0.25, -0.2) is 0 Å². The molecule has 1 heterocycles. The SMILES string of the molecule is CC1(C)OCC(COC(=O)Cc2ccccc2N)O1. The molecule has 1 fully saturated rings. The molecule has 104 valence electrons. The van der Waals surface area contributed by atoms with E-state index in [1.807, 2.05) is 32.0 Å². The summed E-state index contributed by atoms with van der Waals surface area (Å²) in [5.41, 5.74) is 7.14. The highest BCUT2D eigenvalue weighted by atomic mass is 16.7. The lowest BCUT2D eigenvalue weighted by molar-refractivity contribution is -0.157. The first-order valence-corrected chi connectivity index (χ1v) is 6.27. The van der Waals surface area contributed by atoms with Crippen LogP contribution in [-0.2, 0) is 25.4 Å². The van der Waals surface area contributed by atoms with Crippen molar-refractivity contribution in [3.05, 3.63) is 29.8 Å². The van der Waals surface area contributed by atoms with E-state index >= 15 is 0 Å². The van der Waals surface area contributed by atoms with Gasteiger partial charge in [0, 0.05) is 5.69 Å². The number of para-hydroxylation sites is 1. The second-order valence-electron chi connectivity index (χ2n) is 5.01. The van der Waals surface area contributed by atoms with Gasteiger partial charge in [-0.3, -0.25) is 4.79 Å². The van der Waals surface area contributed by atoms with Crippen LogP contribution in [0.4, 0.5) is 5.69 Å². The van der Waals surface area contributed by atoms with Crippen molar-refractivity contribution in [1.29, 1.82) is 0 Å². The molecule has 0 aromatic heterocycles. The molecular formula is C14H19NO4. The molecule has 2 N–H and O–H groups in total. The van der Waals surface area contributed by atoms with E-state index in [1.54, 1.807) is 6.07 Å². The van der Waals surface area contributed by atoms with E-state index in [1.165, 1.54) is 0 Å². The number of nitrogen functional groups attached to an aromatic ring is 1. The lowest BCUT2D eigenvalue weighted by Crippen LogP contribution is -2.25. The lowest BCUT2D eigenvalue weighted by Gasteiger charge is -2.17. The number of carbonyl (C=O) groups excluding carboxylic acids is 1. The Hall–Kier alpha value is -1.59. The van der Waals surface area contributed by atoms with E-state index in [9.17, 15) is 4.79 Å². The normalized spacial score (nSPS) is 21.3. The van der Waals surface area contributed by atoms with Crippen molar-refractivity contribution in [1.82, 2.24) is 0 Å². The van der Waals surface area contributed by atoms with E-state index in [0.29, 0.717) is 12.3 Å². The molecule has 5 heteroatoms. The van der Waals surface area contributed by atoms with Crippen LogP contribution in [0.1, 0.15) is 19.4 Å². The van der Waals surface area contributed by atoms with Crippen LogP contribution < -0.4 is 5.73 Å². The number of hydrogen-bond donors (Lipinski definition) is 1. The van der Waals surface area contributed by atoms with Crippen LogP contribution in [0.5, 0.6) is 0 Å². The topological polar surface area (TPSA) is 70.8 Å². The molecule has 1 atom stereocenters. The zero-order valence-electron chi connectivity index (χ0n) is 11.2. The van der Waals surface area contributed by atoms with Gasteiger partial charge in [0.2, 0.25) is 0 Å². The van der Waals surface area contributed by atoms with Crippen molar-refractivity contribution >= 4 is 11.7 Å². The van der Waals surface area contributed by atoms with Crippen LogP contribution in [0.3, 0.4) is 0 Å². The molecule has 0 radical (unpaired) electrons. The van der Waals surface area contributed by atoms with Crippen LogP contribution in [0.15, 0.2) is 24.3 Å². The van der Waals surface area contributed by atoms with Crippen LogP contribution >= 0.6 is 0 Å². The Morgan fingerprint density at radius 3 is 2.84 bits per heavy atom. The van der Waals surface area contributed by atoms with Crippen molar-refractivity contribution in [2.24, 2.45) is 0 Å². The summed E-state index contributed by atoms with van der Waals surface area (Å²) < 4.78 is 16.1. The van der Waals surface area contributed by atoms with E-state index in [2.05, 4.69) is 0 Å². The number of benzene rings is 1. The second kappa shape index (κ2) is 5.59. The highest BCUT2D eigenvalue weighted by molar-refractivity contribution is 5.74. The number of ether oxygens (including phenoxy) is 3. The second-order valence-corrected chi connectivity index (χ2v) is 5.01. The number of nitrogens with two attached hydrogens (primary N) is 1. The minimum Gasteiger partial charge on any atom is -0.463 e. The molecule has 1 unspecified atom stereocenters. The van der Waals surface area contributed by atoms with E-state index in [-0.39, 0.29) is 25.1 Å². The molecule has 1 saturated heterocycles. The average molecular weight is 265 g/mol. The minimum absolute atomic E-state index is 0.170. The maximum absolute atomic E-state index is 11.7. The van der Waals surface area contributed by atoms with Gasteiger partial charge in [0.25, 0.3) is 0 Å². The van der Waals surface area contributed by atoms with Gasteiger partial charge in [-0.2, -0.15) is 0 Å². The smallest absolute Gasteiger partial charge is 0.310 e. The van der Waals surface area contributed by atoms with Crippen molar-refractivity contribution in [3.63, 3.8) is 0 Å². The first-order chi connectivity index (χ1) is 8.96. The van der Waals surface area contributed by atoms with Gasteiger partial charge in [0.1, 0.15) is 12.7 Å². The van der Waals surface area contributed by atoms with Gasteiger partial charge >= 0.3 is 5.97 Å². The number of esters is 1. The fourth-order valence-electron chi connectivity index (χ4n) is 1.93. The summed E-state index contributed by atoms with van der Waals surface area (Å²) in [6.07, 6.45) is -0.0315. The Morgan fingerprint density at radius 2 is 2.21 bits per heavy atom. The predicted molar refractivity (Wildman–Crippen MR) is 70.4 cm³/mol. The summed E-state index contributed by atoms with van der Waals surface area (Å²) in [4.78, 5) is 11.7. The summed E-state index contributed by atoms with van der Waals surface area (Å²) >= 11 is 0. The molecule has 0 aliphatic carbocycles. The quantitative estimate of drug-likeness (QED) is 0.660. The molecule has 1 aliphatic rings. The third-order valence-electron chi connectivity index (χ3n) is 2.89. The zero-order valence-corrected chi connectivity index (χ0v) is 11.2. The third kappa shape index (κ3) is 3.94. The Labute approximate surface area is 112 Å². The molecule has 2 rings (SSSR count). The largest absolute Gasteiger partial charge is 0.463 e. The lowest BCUT2D eigenvalue weighted by atomic mass is 10.1. The number of anilines is 1. The number of hydrogen-bond acceptors (Lipinski definition) is 5. The molecule has 5 nitrogen and oxygen atoms in total. The van der Waals surface area contributed by atoms with Crippen molar-refractivity contribution in [2.45, 2.75) is 32.2 Å². The van der Waals surface area contributed by atoms with E-state index in [0.717, 1.165) is 5.56 Å². The third-order valence-corrected chi connectivity index (χ3v) is 2.89. The van der Waals surface area contributed by atoms with Gasteiger partial charge in [0.15, 0.2) is 5.79 Å². The highest BCUT2D eigenvalue weighted by Crippen LogP contribution is 2.22. The van der Waals surface area contributed by atoms with E-state index in [4.69, 9.17) is 19.9 Å². The highest BCUT2D eigenvalue weighted by Gasteiger charge is 2.33. The van der Waals surface area contributed by atoms with Crippen LogP contribution in [0.25, 0.3) is 0 Å². The van der Waals surface area contributed by atoms with Gasteiger partial charge in [-0.1, -0.05) is 18.2 Å². The first kappa shape index (κ1) is 13.8. The summed E-state index contributed by atoms with van der Waals surface area (Å²) in [5.74, 6) is -0.910. The number of rotatable bonds is 4. The van der Waals surface area contributed by atoms with E-state index < -0.39 is 5.79 Å². The Morgan fingerprint density at radius 1 is 1.47 bits per heavy atom. The number of carbonyl (C=O) groups is 1. The van der Waals surface area contributed by atoms with Gasteiger partial charge in [-0.15, -0.1) is 0 Å². The molecular weight excluding hydrogens is 246 g/mol. The summed E-state index contributed by atoms with van der Waals surface area (Å²) in [6, 6.07) is 7.25. The maximum Gasteiger partial charge on any atom is 0.310 e. The molecule has 19 heavy (non-hydrogen) atoms. The van der Waals surface area contributed by atoms with Crippen molar-refractivity contribution in [3.8, 4) is 0 Å². The van der Waals surface area contributed by atoms with Gasteiger partial charge < -0.3 is 19.9 Å². The average Bonchev–Trinajstić information content (AvgIpc) is 2.69. The Bertz CT molecular complexity index is 459. The van der Waals surface area contributed by atoms with Crippen LogP contribution in [-0.4, -0.2) is 31.1 Å². The molecule has 0 spiro atoms. The van der Waals surface area contributed by atoms with Crippen LogP contribution in [0, 0.1) is 0 Å². The fraction of sp³-hybridized carbons (Fsp3) is 0.500. The van der Waals surface area contributed by atoms with Gasteiger partial charge in [-0.05, 0) is 25.5 Å². The first-order valence-electron chi connectivity index (χ1n) is 6.27. The summed E-state index contributed by atoms with van der Waals surface area (Å²) in [5, 5.41) is 0.